The third-order valence-corrected chi connectivity index (χ3v) is 8.65. The third kappa shape index (κ3) is 5.16. The highest BCUT2D eigenvalue weighted by Crippen LogP contribution is 2.44. The van der Waals surface area contributed by atoms with Gasteiger partial charge in [-0.3, -0.25) is 4.79 Å². The number of hydrogen-bond donors (Lipinski definition) is 0. The van der Waals surface area contributed by atoms with E-state index >= 15 is 0 Å². The van der Waals surface area contributed by atoms with Gasteiger partial charge in [0.1, 0.15) is 11.5 Å². The fourth-order valence-electron chi connectivity index (χ4n) is 5.44. The number of hydrogen-bond acceptors (Lipinski definition) is 5. The molecule has 4 nitrogen and oxygen atoms in total. The summed E-state index contributed by atoms with van der Waals surface area (Å²) in [6, 6.07) is 13.8. The van der Waals surface area contributed by atoms with Crippen LogP contribution in [-0.4, -0.2) is 44.0 Å². The molecule has 0 atom stereocenters. The van der Waals surface area contributed by atoms with Gasteiger partial charge in [0.05, 0.1) is 13.7 Å². The minimum absolute atomic E-state index is 0.123. The van der Waals surface area contributed by atoms with E-state index in [4.69, 9.17) is 9.47 Å². The lowest BCUT2D eigenvalue weighted by molar-refractivity contribution is 0.103. The van der Waals surface area contributed by atoms with Gasteiger partial charge in [-0.05, 0) is 93.6 Å². The second-order valence-corrected chi connectivity index (χ2v) is 10.7. The normalized spacial score (nSPS) is 17.3. The van der Waals surface area contributed by atoms with E-state index in [1.54, 1.807) is 18.4 Å². The molecule has 5 rings (SSSR count). The molecule has 34 heavy (non-hydrogen) atoms. The number of thiophene rings is 1. The highest BCUT2D eigenvalue weighted by Gasteiger charge is 2.27. The molecule has 2 heterocycles. The van der Waals surface area contributed by atoms with Gasteiger partial charge in [0, 0.05) is 32.6 Å². The number of carbonyl (C=O) groups excluding carboxylic acids is 1. The average Bonchev–Trinajstić information content (AvgIpc) is 3.54. The Morgan fingerprint density at radius 2 is 1.71 bits per heavy atom. The second kappa shape index (κ2) is 10.9. The van der Waals surface area contributed by atoms with Gasteiger partial charge in [0.25, 0.3) is 0 Å². The van der Waals surface area contributed by atoms with Gasteiger partial charge in [0.15, 0.2) is 5.78 Å². The number of rotatable bonds is 9. The molecular formula is C29H35NO3S. The molecule has 0 spiro atoms. The van der Waals surface area contributed by atoms with Gasteiger partial charge in [-0.1, -0.05) is 19.3 Å². The van der Waals surface area contributed by atoms with Gasteiger partial charge in [-0.25, -0.2) is 0 Å². The summed E-state index contributed by atoms with van der Waals surface area (Å²) in [6.45, 7) is 4.27. The van der Waals surface area contributed by atoms with E-state index in [1.165, 1.54) is 62.9 Å². The highest BCUT2D eigenvalue weighted by molar-refractivity contribution is 7.19. The first-order chi connectivity index (χ1) is 16.7. The van der Waals surface area contributed by atoms with Crippen LogP contribution in [0.5, 0.6) is 11.5 Å². The van der Waals surface area contributed by atoms with Crippen LogP contribution in [0.4, 0.5) is 0 Å². The summed E-state index contributed by atoms with van der Waals surface area (Å²) in [4.78, 5) is 17.6. The zero-order valence-corrected chi connectivity index (χ0v) is 21.0. The molecule has 0 radical (unpaired) electrons. The van der Waals surface area contributed by atoms with Crippen molar-refractivity contribution >= 4 is 27.2 Å². The van der Waals surface area contributed by atoms with Crippen molar-refractivity contribution in [2.45, 2.75) is 57.3 Å². The third-order valence-electron chi connectivity index (χ3n) is 7.33. The number of carbonyl (C=O) groups is 1. The van der Waals surface area contributed by atoms with Crippen LogP contribution in [-0.2, 0) is 0 Å². The van der Waals surface area contributed by atoms with Crippen LogP contribution in [0.2, 0.25) is 0 Å². The van der Waals surface area contributed by atoms with Crippen molar-refractivity contribution in [2.24, 2.45) is 0 Å². The van der Waals surface area contributed by atoms with E-state index in [2.05, 4.69) is 17.0 Å². The minimum atomic E-state index is 0.123. The Bertz CT molecular complexity index is 1110. The first-order valence-electron chi connectivity index (χ1n) is 12.8. The lowest BCUT2D eigenvalue weighted by Crippen LogP contribution is -2.21. The first kappa shape index (κ1) is 23.4. The van der Waals surface area contributed by atoms with Crippen LogP contribution in [0.1, 0.15) is 78.1 Å². The molecule has 0 bridgehead atoms. The Balaban J connectivity index is 1.33. The van der Waals surface area contributed by atoms with Crippen molar-refractivity contribution in [2.75, 3.05) is 33.4 Å². The molecule has 0 amide bonds. The zero-order valence-electron chi connectivity index (χ0n) is 20.2. The standard InChI is InChI=1S/C29H35NO3S/c1-32-24-14-15-25-26(20-24)34-29(22-8-3-2-4-9-22)27(25)28(31)21-10-12-23(13-11-21)33-19-7-18-30-16-5-6-17-30/h10-15,20,22H,2-9,16-19H2,1H3. The molecule has 5 heteroatoms. The fraction of sp³-hybridized carbons (Fsp3) is 0.483. The van der Waals surface area contributed by atoms with Crippen LogP contribution in [0, 0.1) is 0 Å². The van der Waals surface area contributed by atoms with Crippen molar-refractivity contribution in [3.63, 3.8) is 0 Å². The van der Waals surface area contributed by atoms with E-state index in [1.807, 2.05) is 30.3 Å². The van der Waals surface area contributed by atoms with Crippen molar-refractivity contribution in [3.05, 3.63) is 58.5 Å². The van der Waals surface area contributed by atoms with Crippen molar-refractivity contribution in [1.82, 2.24) is 4.90 Å². The fourth-order valence-corrected chi connectivity index (χ4v) is 6.84. The predicted molar refractivity (Wildman–Crippen MR) is 140 cm³/mol. The van der Waals surface area contributed by atoms with Gasteiger partial charge >= 0.3 is 0 Å². The second-order valence-electron chi connectivity index (χ2n) is 9.64. The molecule has 2 fully saturated rings. The molecule has 180 valence electrons. The number of benzene rings is 2. The molecule has 2 aliphatic rings. The van der Waals surface area contributed by atoms with Crippen molar-refractivity contribution in [1.29, 1.82) is 0 Å². The molecule has 0 N–H and O–H groups in total. The Labute approximate surface area is 206 Å². The number of methoxy groups -OCH3 is 1. The van der Waals surface area contributed by atoms with Crippen LogP contribution >= 0.6 is 11.3 Å². The number of nitrogens with zero attached hydrogens (tertiary/aromatic N) is 1. The Morgan fingerprint density at radius 3 is 2.44 bits per heavy atom. The Kier molecular flexibility index (Phi) is 7.51. The SMILES string of the molecule is COc1ccc2c(C(=O)c3ccc(OCCCN4CCCC4)cc3)c(C3CCCCC3)sc2c1. The predicted octanol–water partition coefficient (Wildman–Crippen LogP) is 7.05. The lowest BCUT2D eigenvalue weighted by atomic mass is 9.85. The summed E-state index contributed by atoms with van der Waals surface area (Å²) in [6.07, 6.45) is 9.84. The summed E-state index contributed by atoms with van der Waals surface area (Å²) < 4.78 is 12.5. The number of fused-ring (bicyclic) bond motifs is 1. The number of ether oxygens (including phenoxy) is 2. The maximum absolute atomic E-state index is 13.8. The van der Waals surface area contributed by atoms with E-state index in [0.717, 1.165) is 45.7 Å². The molecule has 1 saturated heterocycles. The Hall–Kier alpha value is -2.37. The molecular weight excluding hydrogens is 442 g/mol. The summed E-state index contributed by atoms with van der Waals surface area (Å²) in [5, 5.41) is 1.05. The summed E-state index contributed by atoms with van der Waals surface area (Å²) >= 11 is 1.78. The quantitative estimate of drug-likeness (QED) is 0.244. The Morgan fingerprint density at radius 1 is 0.971 bits per heavy atom. The van der Waals surface area contributed by atoms with Gasteiger partial charge in [-0.15, -0.1) is 11.3 Å². The summed E-state index contributed by atoms with van der Waals surface area (Å²) in [7, 11) is 1.69. The van der Waals surface area contributed by atoms with Crippen molar-refractivity contribution < 1.29 is 14.3 Å². The summed E-state index contributed by atoms with van der Waals surface area (Å²) in [5.41, 5.74) is 1.63. The molecule has 1 aliphatic carbocycles. The van der Waals surface area contributed by atoms with Crippen LogP contribution in [0.3, 0.4) is 0 Å². The van der Waals surface area contributed by atoms with Crippen LogP contribution in [0.15, 0.2) is 42.5 Å². The lowest BCUT2D eigenvalue weighted by Gasteiger charge is -2.21. The molecule has 2 aromatic carbocycles. The maximum atomic E-state index is 13.8. The smallest absolute Gasteiger partial charge is 0.194 e. The van der Waals surface area contributed by atoms with E-state index in [9.17, 15) is 4.79 Å². The summed E-state index contributed by atoms with van der Waals surface area (Å²) in [5.74, 6) is 2.28. The van der Waals surface area contributed by atoms with Gasteiger partial charge in [0.2, 0.25) is 0 Å². The van der Waals surface area contributed by atoms with E-state index < -0.39 is 0 Å². The monoisotopic (exact) mass is 477 g/mol. The molecule has 1 aromatic heterocycles. The number of ketones is 1. The minimum Gasteiger partial charge on any atom is -0.497 e. The largest absolute Gasteiger partial charge is 0.497 e. The van der Waals surface area contributed by atoms with Gasteiger partial charge < -0.3 is 14.4 Å². The highest BCUT2D eigenvalue weighted by atomic mass is 32.1. The van der Waals surface area contributed by atoms with Gasteiger partial charge in [-0.2, -0.15) is 0 Å². The van der Waals surface area contributed by atoms with Crippen molar-refractivity contribution in [3.8, 4) is 11.5 Å². The maximum Gasteiger partial charge on any atom is 0.194 e. The van der Waals surface area contributed by atoms with Crippen LogP contribution < -0.4 is 9.47 Å². The number of likely N-dealkylation sites (tertiary alicyclic amines) is 1. The topological polar surface area (TPSA) is 38.8 Å². The molecule has 1 saturated carbocycles. The van der Waals surface area contributed by atoms with E-state index in [0.29, 0.717) is 12.5 Å². The molecule has 3 aromatic rings. The molecule has 1 aliphatic heterocycles. The van der Waals surface area contributed by atoms with Crippen LogP contribution in [0.25, 0.3) is 10.1 Å². The van der Waals surface area contributed by atoms with E-state index in [-0.39, 0.29) is 5.78 Å². The zero-order chi connectivity index (χ0) is 23.3. The average molecular weight is 478 g/mol. The first-order valence-corrected chi connectivity index (χ1v) is 13.6. The molecule has 0 unspecified atom stereocenters.